The van der Waals surface area contributed by atoms with Gasteiger partial charge in [-0.15, -0.1) is 0 Å². The van der Waals surface area contributed by atoms with Gasteiger partial charge in [-0.3, -0.25) is 0 Å². The Kier molecular flexibility index (Phi) is 6.13. The highest BCUT2D eigenvalue weighted by atomic mass is 32.2. The zero-order valence-electron chi connectivity index (χ0n) is 15.5. The van der Waals surface area contributed by atoms with E-state index in [4.69, 9.17) is 0 Å². The van der Waals surface area contributed by atoms with E-state index in [0.717, 1.165) is 24.8 Å². The summed E-state index contributed by atoms with van der Waals surface area (Å²) in [7, 11) is -1.94. The van der Waals surface area contributed by atoms with Gasteiger partial charge >= 0.3 is 6.03 Å². The summed E-state index contributed by atoms with van der Waals surface area (Å²) in [5.41, 5.74) is 1.32. The number of urea groups is 1. The average molecular weight is 388 g/mol. The lowest BCUT2D eigenvalue weighted by Gasteiger charge is -2.27. The first-order chi connectivity index (χ1) is 13.0. The lowest BCUT2D eigenvalue weighted by atomic mass is 10.2. The summed E-state index contributed by atoms with van der Waals surface area (Å²) >= 11 is 0. The van der Waals surface area contributed by atoms with Gasteiger partial charge in [0.05, 0.1) is 5.69 Å². The molecular formula is C20H25N3O3S. The Morgan fingerprint density at radius 1 is 1.00 bits per heavy atom. The van der Waals surface area contributed by atoms with Gasteiger partial charge < -0.3 is 10.2 Å². The monoisotopic (exact) mass is 387 g/mol. The Morgan fingerprint density at radius 3 is 2.33 bits per heavy atom. The molecule has 0 saturated carbocycles. The molecule has 1 fully saturated rings. The Morgan fingerprint density at radius 2 is 1.63 bits per heavy atom. The normalized spacial score (nSPS) is 15.3. The van der Waals surface area contributed by atoms with Crippen molar-refractivity contribution in [1.29, 1.82) is 0 Å². The Balaban J connectivity index is 1.76. The van der Waals surface area contributed by atoms with Crippen molar-refractivity contribution in [2.24, 2.45) is 0 Å². The van der Waals surface area contributed by atoms with Crippen LogP contribution in [0.15, 0.2) is 59.5 Å². The van der Waals surface area contributed by atoms with Crippen LogP contribution in [0.25, 0.3) is 0 Å². The summed E-state index contributed by atoms with van der Waals surface area (Å²) in [4.78, 5) is 14.3. The maximum Gasteiger partial charge on any atom is 0.321 e. The molecule has 0 spiro atoms. The van der Waals surface area contributed by atoms with Crippen LogP contribution < -0.4 is 5.32 Å². The van der Waals surface area contributed by atoms with Crippen LogP contribution in [0.2, 0.25) is 0 Å². The van der Waals surface area contributed by atoms with Crippen molar-refractivity contribution in [3.63, 3.8) is 0 Å². The van der Waals surface area contributed by atoms with E-state index in [1.54, 1.807) is 31.3 Å². The van der Waals surface area contributed by atoms with Crippen molar-refractivity contribution in [3.05, 3.63) is 60.2 Å². The van der Waals surface area contributed by atoms with Gasteiger partial charge in [0.1, 0.15) is 4.90 Å². The summed E-state index contributed by atoms with van der Waals surface area (Å²) in [6.07, 6.45) is 2.79. The molecule has 2 amide bonds. The number of amides is 2. The summed E-state index contributed by atoms with van der Waals surface area (Å²) in [6, 6.07) is 15.9. The molecule has 7 heteroatoms. The number of hydrogen-bond donors (Lipinski definition) is 1. The standard InChI is InChI=1S/C20H25N3O3S/c1-22(16-17-10-4-2-5-11-17)20(24)21-18-12-6-7-13-19(18)27(25,26)23-14-8-3-9-15-23/h2,4-7,10-13H,3,8-9,14-16H2,1H3,(H,21,24). The zero-order chi connectivity index (χ0) is 19.3. The summed E-state index contributed by atoms with van der Waals surface area (Å²) in [5, 5.41) is 2.76. The minimum atomic E-state index is -3.62. The summed E-state index contributed by atoms with van der Waals surface area (Å²) in [5.74, 6) is 0. The highest BCUT2D eigenvalue weighted by Gasteiger charge is 2.28. The maximum absolute atomic E-state index is 13.0. The van der Waals surface area contributed by atoms with Gasteiger partial charge in [0.25, 0.3) is 0 Å². The topological polar surface area (TPSA) is 69.7 Å². The minimum absolute atomic E-state index is 0.147. The van der Waals surface area contributed by atoms with Gasteiger partial charge in [0.2, 0.25) is 10.0 Å². The van der Waals surface area contributed by atoms with Crippen LogP contribution in [0.3, 0.4) is 0 Å². The first-order valence-electron chi connectivity index (χ1n) is 9.14. The van der Waals surface area contributed by atoms with Crippen molar-refractivity contribution in [3.8, 4) is 0 Å². The van der Waals surface area contributed by atoms with Gasteiger partial charge in [-0.25, -0.2) is 13.2 Å². The third-order valence-electron chi connectivity index (χ3n) is 4.67. The number of nitrogens with one attached hydrogen (secondary N) is 1. The molecule has 3 rings (SSSR count). The molecule has 0 aromatic heterocycles. The van der Waals surface area contributed by atoms with Crippen LogP contribution in [0, 0.1) is 0 Å². The lowest BCUT2D eigenvalue weighted by molar-refractivity contribution is 0.220. The first kappa shape index (κ1) is 19.4. The van der Waals surface area contributed by atoms with Crippen LogP contribution in [0.1, 0.15) is 24.8 Å². The molecule has 0 atom stereocenters. The van der Waals surface area contributed by atoms with Gasteiger partial charge in [-0.1, -0.05) is 48.9 Å². The zero-order valence-corrected chi connectivity index (χ0v) is 16.3. The molecule has 2 aromatic carbocycles. The minimum Gasteiger partial charge on any atom is -0.323 e. The molecule has 1 saturated heterocycles. The number of piperidine rings is 1. The van der Waals surface area contributed by atoms with E-state index in [1.165, 1.54) is 9.21 Å². The number of carbonyl (C=O) groups is 1. The predicted molar refractivity (Wildman–Crippen MR) is 106 cm³/mol. The number of anilines is 1. The fourth-order valence-electron chi connectivity index (χ4n) is 3.18. The van der Waals surface area contributed by atoms with E-state index in [1.807, 2.05) is 30.3 Å². The Labute approximate surface area is 160 Å². The first-order valence-corrected chi connectivity index (χ1v) is 10.6. The third-order valence-corrected chi connectivity index (χ3v) is 6.63. The second kappa shape index (κ2) is 8.54. The van der Waals surface area contributed by atoms with Crippen LogP contribution >= 0.6 is 0 Å². The average Bonchev–Trinajstić information content (AvgIpc) is 2.69. The summed E-state index contributed by atoms with van der Waals surface area (Å²) in [6.45, 7) is 1.49. The maximum atomic E-state index is 13.0. The molecule has 144 valence electrons. The number of hydrogen-bond acceptors (Lipinski definition) is 3. The lowest BCUT2D eigenvalue weighted by Crippen LogP contribution is -2.36. The molecule has 0 unspecified atom stereocenters. The third kappa shape index (κ3) is 4.67. The van der Waals surface area contributed by atoms with Crippen molar-refractivity contribution in [1.82, 2.24) is 9.21 Å². The smallest absolute Gasteiger partial charge is 0.321 e. The summed E-state index contributed by atoms with van der Waals surface area (Å²) < 4.78 is 27.5. The second-order valence-corrected chi connectivity index (χ2v) is 8.64. The van der Waals surface area contributed by atoms with Gasteiger partial charge in [-0.05, 0) is 30.5 Å². The van der Waals surface area contributed by atoms with Crippen LogP contribution in [-0.2, 0) is 16.6 Å². The largest absolute Gasteiger partial charge is 0.323 e. The number of para-hydroxylation sites is 1. The molecule has 0 radical (unpaired) electrons. The fraction of sp³-hybridized carbons (Fsp3) is 0.350. The molecular weight excluding hydrogens is 362 g/mol. The molecule has 1 aliphatic rings. The number of carbonyl (C=O) groups excluding carboxylic acids is 1. The molecule has 1 heterocycles. The van der Waals surface area contributed by atoms with E-state index in [-0.39, 0.29) is 10.9 Å². The van der Waals surface area contributed by atoms with Crippen LogP contribution in [0.5, 0.6) is 0 Å². The van der Waals surface area contributed by atoms with E-state index in [2.05, 4.69) is 5.32 Å². The molecule has 1 aliphatic heterocycles. The van der Waals surface area contributed by atoms with Crippen LogP contribution in [-0.4, -0.2) is 43.8 Å². The van der Waals surface area contributed by atoms with Crippen molar-refractivity contribution in [2.45, 2.75) is 30.7 Å². The van der Waals surface area contributed by atoms with Crippen LogP contribution in [0.4, 0.5) is 10.5 Å². The molecule has 0 aliphatic carbocycles. The van der Waals surface area contributed by atoms with E-state index >= 15 is 0 Å². The van der Waals surface area contributed by atoms with Crippen molar-refractivity contribution >= 4 is 21.7 Å². The Hall–Kier alpha value is -2.38. The van der Waals surface area contributed by atoms with Crippen molar-refractivity contribution in [2.75, 3.05) is 25.5 Å². The molecule has 2 aromatic rings. The highest BCUT2D eigenvalue weighted by molar-refractivity contribution is 7.89. The number of benzene rings is 2. The fourth-order valence-corrected chi connectivity index (χ4v) is 4.84. The van der Waals surface area contributed by atoms with Gasteiger partial charge in [-0.2, -0.15) is 4.31 Å². The quantitative estimate of drug-likeness (QED) is 0.853. The van der Waals surface area contributed by atoms with Gasteiger partial charge in [0.15, 0.2) is 0 Å². The van der Waals surface area contributed by atoms with Crippen molar-refractivity contribution < 1.29 is 13.2 Å². The molecule has 6 nitrogen and oxygen atoms in total. The predicted octanol–water partition coefficient (Wildman–Crippen LogP) is 3.53. The molecule has 1 N–H and O–H groups in total. The molecule has 0 bridgehead atoms. The Bertz CT molecular complexity index is 878. The van der Waals surface area contributed by atoms with E-state index in [9.17, 15) is 13.2 Å². The van der Waals surface area contributed by atoms with Gasteiger partial charge in [0, 0.05) is 26.7 Å². The number of nitrogens with zero attached hydrogens (tertiary/aromatic N) is 2. The highest BCUT2D eigenvalue weighted by Crippen LogP contribution is 2.27. The number of sulfonamides is 1. The number of rotatable bonds is 5. The van der Waals surface area contributed by atoms with E-state index in [0.29, 0.717) is 25.3 Å². The SMILES string of the molecule is CN(Cc1ccccc1)C(=O)Nc1ccccc1S(=O)(=O)N1CCCCC1. The molecule has 27 heavy (non-hydrogen) atoms. The van der Waals surface area contributed by atoms with E-state index < -0.39 is 10.0 Å². The second-order valence-electron chi connectivity index (χ2n) is 6.73.